The molecule has 1 amide bonds. The van der Waals surface area contributed by atoms with Gasteiger partial charge in [0, 0.05) is 31.1 Å². The van der Waals surface area contributed by atoms with Crippen molar-refractivity contribution in [3.05, 3.63) is 11.6 Å². The zero-order chi connectivity index (χ0) is 14.5. The molecule has 1 aromatic heterocycles. The summed E-state index contributed by atoms with van der Waals surface area (Å²) in [4.78, 5) is 18.9. The number of fused-ring (bicyclic) bond motifs is 1. The molecule has 2 aliphatic rings. The molecule has 2 fully saturated rings. The molecule has 0 spiro atoms. The number of H-pyrrole nitrogens is 1. The number of nitrogens with zero attached hydrogens (tertiary/aromatic N) is 3. The molecule has 1 aromatic rings. The molecule has 0 radical (unpaired) electrons. The Morgan fingerprint density at radius 1 is 1.35 bits per heavy atom. The number of aromatic amines is 1. The van der Waals surface area contributed by atoms with Crippen molar-refractivity contribution in [3.8, 4) is 0 Å². The van der Waals surface area contributed by atoms with Crippen LogP contribution in [0.2, 0.25) is 0 Å². The van der Waals surface area contributed by atoms with E-state index in [9.17, 15) is 4.79 Å². The van der Waals surface area contributed by atoms with E-state index in [4.69, 9.17) is 0 Å². The van der Waals surface area contributed by atoms with Crippen LogP contribution in [0.5, 0.6) is 0 Å². The third-order valence-electron chi connectivity index (χ3n) is 4.58. The average Bonchev–Trinajstić information content (AvgIpc) is 3.04. The molecule has 3 unspecified atom stereocenters. The Bertz CT molecular complexity index is 518. The van der Waals surface area contributed by atoms with Gasteiger partial charge in [-0.3, -0.25) is 9.89 Å². The molecule has 3 atom stereocenters. The zero-order valence-electron chi connectivity index (χ0n) is 12.6. The lowest BCUT2D eigenvalue weighted by Crippen LogP contribution is -2.38. The molecule has 2 saturated heterocycles. The molecule has 110 valence electrons. The lowest BCUT2D eigenvalue weighted by atomic mass is 9.95. The van der Waals surface area contributed by atoms with Gasteiger partial charge in [-0.2, -0.15) is 0 Å². The highest BCUT2D eigenvalue weighted by Crippen LogP contribution is 2.33. The number of carbonyl (C=O) groups excluding carboxylic acids is 1. The lowest BCUT2D eigenvalue weighted by Gasteiger charge is -2.23. The van der Waals surface area contributed by atoms with E-state index in [1.165, 1.54) is 0 Å². The Morgan fingerprint density at radius 3 is 2.70 bits per heavy atom. The normalized spacial score (nSPS) is 29.8. The van der Waals surface area contributed by atoms with Crippen LogP contribution in [0.4, 0.5) is 0 Å². The largest absolute Gasteiger partial charge is 0.332 e. The van der Waals surface area contributed by atoms with Gasteiger partial charge in [0.05, 0.1) is 0 Å². The maximum Gasteiger partial charge on any atom is 0.293 e. The molecular weight excluding hydrogens is 254 g/mol. The fourth-order valence-electron chi connectivity index (χ4n) is 3.26. The number of rotatable bonds is 1. The minimum absolute atomic E-state index is 0.0429. The maximum absolute atomic E-state index is 12.6. The van der Waals surface area contributed by atoms with Gasteiger partial charge in [-0.15, -0.1) is 5.10 Å². The first-order valence-electron chi connectivity index (χ1n) is 7.32. The van der Waals surface area contributed by atoms with Gasteiger partial charge < -0.3 is 10.2 Å². The first-order chi connectivity index (χ1) is 9.38. The van der Waals surface area contributed by atoms with Crippen LogP contribution >= 0.6 is 0 Å². The number of hydrogen-bond acceptors (Lipinski definition) is 4. The Kier molecular flexibility index (Phi) is 3.08. The minimum Gasteiger partial charge on any atom is -0.332 e. The smallest absolute Gasteiger partial charge is 0.293 e. The number of amides is 1. The zero-order valence-corrected chi connectivity index (χ0v) is 12.6. The second kappa shape index (κ2) is 4.55. The second-order valence-electron chi connectivity index (χ2n) is 7.04. The van der Waals surface area contributed by atoms with Crippen LogP contribution < -0.4 is 5.32 Å². The fourth-order valence-corrected chi connectivity index (χ4v) is 3.26. The van der Waals surface area contributed by atoms with E-state index in [2.05, 4.69) is 48.2 Å². The lowest BCUT2D eigenvalue weighted by molar-refractivity contribution is 0.0716. The Hall–Kier alpha value is -1.43. The van der Waals surface area contributed by atoms with Crippen molar-refractivity contribution in [1.82, 2.24) is 25.4 Å². The molecule has 0 bridgehead atoms. The van der Waals surface area contributed by atoms with E-state index in [-0.39, 0.29) is 17.4 Å². The van der Waals surface area contributed by atoms with Crippen molar-refractivity contribution in [1.29, 1.82) is 0 Å². The van der Waals surface area contributed by atoms with Gasteiger partial charge >= 0.3 is 0 Å². The quantitative estimate of drug-likeness (QED) is 0.795. The molecule has 0 aliphatic carbocycles. The molecule has 6 nitrogen and oxygen atoms in total. The average molecular weight is 277 g/mol. The molecular formula is C14H23N5O. The molecule has 0 saturated carbocycles. The van der Waals surface area contributed by atoms with Gasteiger partial charge in [0.2, 0.25) is 5.82 Å². The van der Waals surface area contributed by atoms with Gasteiger partial charge in [0.25, 0.3) is 5.91 Å². The van der Waals surface area contributed by atoms with E-state index >= 15 is 0 Å². The third kappa shape index (κ3) is 2.12. The number of likely N-dealkylation sites (tertiary alicyclic amines) is 1. The van der Waals surface area contributed by atoms with E-state index in [1.54, 1.807) is 0 Å². The summed E-state index contributed by atoms with van der Waals surface area (Å²) in [5.74, 6) is 2.16. The fraction of sp³-hybridized carbons (Fsp3) is 0.786. The van der Waals surface area contributed by atoms with Crippen LogP contribution in [0.3, 0.4) is 0 Å². The molecule has 3 rings (SSSR count). The highest BCUT2D eigenvalue weighted by atomic mass is 16.2. The van der Waals surface area contributed by atoms with Gasteiger partial charge in [0.15, 0.2) is 0 Å². The monoisotopic (exact) mass is 277 g/mol. The highest BCUT2D eigenvalue weighted by Gasteiger charge is 2.44. The van der Waals surface area contributed by atoms with E-state index < -0.39 is 0 Å². The SMILES string of the molecule is CC1C2CNCC2CN1C(=O)c1n[nH]c(C(C)(C)C)n1. The van der Waals surface area contributed by atoms with Crippen LogP contribution in [0.15, 0.2) is 0 Å². The van der Waals surface area contributed by atoms with Crippen molar-refractivity contribution >= 4 is 5.91 Å². The standard InChI is InChI=1S/C14H23N5O/c1-8-10-6-15-5-9(10)7-19(8)12(20)11-16-13(18-17-11)14(2,3)4/h8-10,15H,5-7H2,1-4H3,(H,16,17,18). The molecule has 20 heavy (non-hydrogen) atoms. The van der Waals surface area contributed by atoms with Gasteiger partial charge in [0.1, 0.15) is 5.82 Å². The summed E-state index contributed by atoms with van der Waals surface area (Å²) in [5, 5.41) is 10.4. The van der Waals surface area contributed by atoms with Gasteiger partial charge in [-0.05, 0) is 18.8 Å². The molecule has 3 heterocycles. The van der Waals surface area contributed by atoms with Crippen LogP contribution in [0.25, 0.3) is 0 Å². The van der Waals surface area contributed by atoms with Crippen LogP contribution in [-0.2, 0) is 5.41 Å². The Morgan fingerprint density at radius 2 is 2.10 bits per heavy atom. The van der Waals surface area contributed by atoms with Crippen molar-refractivity contribution in [2.45, 2.75) is 39.2 Å². The van der Waals surface area contributed by atoms with E-state index in [0.717, 1.165) is 25.5 Å². The summed E-state index contributed by atoms with van der Waals surface area (Å²) >= 11 is 0. The summed E-state index contributed by atoms with van der Waals surface area (Å²) in [5.41, 5.74) is -0.122. The van der Waals surface area contributed by atoms with E-state index in [1.807, 2.05) is 4.90 Å². The summed E-state index contributed by atoms with van der Waals surface area (Å²) in [6.45, 7) is 11.1. The van der Waals surface area contributed by atoms with Crippen LogP contribution in [0, 0.1) is 11.8 Å². The minimum atomic E-state index is -0.122. The Balaban J connectivity index is 1.78. The van der Waals surface area contributed by atoms with Crippen LogP contribution in [0.1, 0.15) is 44.1 Å². The maximum atomic E-state index is 12.6. The molecule has 0 aromatic carbocycles. The summed E-state index contributed by atoms with van der Waals surface area (Å²) in [6.07, 6.45) is 0. The molecule has 2 N–H and O–H groups in total. The predicted octanol–water partition coefficient (Wildman–Crippen LogP) is 0.782. The second-order valence-corrected chi connectivity index (χ2v) is 7.04. The number of carbonyl (C=O) groups is 1. The first-order valence-corrected chi connectivity index (χ1v) is 7.32. The van der Waals surface area contributed by atoms with Crippen molar-refractivity contribution in [2.75, 3.05) is 19.6 Å². The summed E-state index contributed by atoms with van der Waals surface area (Å²) < 4.78 is 0. The summed E-state index contributed by atoms with van der Waals surface area (Å²) in [7, 11) is 0. The highest BCUT2D eigenvalue weighted by molar-refractivity contribution is 5.91. The van der Waals surface area contributed by atoms with Gasteiger partial charge in [-0.25, -0.2) is 4.98 Å². The number of aromatic nitrogens is 3. The van der Waals surface area contributed by atoms with Crippen molar-refractivity contribution < 1.29 is 4.79 Å². The van der Waals surface area contributed by atoms with E-state index in [0.29, 0.717) is 17.7 Å². The van der Waals surface area contributed by atoms with Crippen molar-refractivity contribution in [3.63, 3.8) is 0 Å². The number of nitrogens with one attached hydrogen (secondary N) is 2. The number of hydrogen-bond donors (Lipinski definition) is 2. The van der Waals surface area contributed by atoms with Crippen molar-refractivity contribution in [2.24, 2.45) is 11.8 Å². The molecule has 2 aliphatic heterocycles. The molecule has 6 heteroatoms. The predicted molar refractivity (Wildman–Crippen MR) is 75.4 cm³/mol. The van der Waals surface area contributed by atoms with Gasteiger partial charge in [-0.1, -0.05) is 20.8 Å². The first kappa shape index (κ1) is 13.5. The topological polar surface area (TPSA) is 73.9 Å². The Labute approximate surface area is 119 Å². The summed E-state index contributed by atoms with van der Waals surface area (Å²) in [6, 6.07) is 0.263. The van der Waals surface area contributed by atoms with Crippen LogP contribution in [-0.4, -0.2) is 51.7 Å². The third-order valence-corrected chi connectivity index (χ3v) is 4.58.